The van der Waals surface area contributed by atoms with Crippen LogP contribution in [0.5, 0.6) is 11.5 Å². The molecule has 0 aliphatic rings. The van der Waals surface area contributed by atoms with Gasteiger partial charge < -0.3 is 25.8 Å². The summed E-state index contributed by atoms with van der Waals surface area (Å²) in [4.78, 5) is 11.9. The molecule has 0 radical (unpaired) electrons. The third-order valence-corrected chi connectivity index (χ3v) is 2.53. The number of hydrogen-bond acceptors (Lipinski definition) is 4. The predicted octanol–water partition coefficient (Wildman–Crippen LogP) is 3.23. The summed E-state index contributed by atoms with van der Waals surface area (Å²) in [6.45, 7) is 5.99. The molecule has 0 aliphatic heterocycles. The Bertz CT molecular complexity index is 557. The molecule has 1 aromatic rings. The van der Waals surface area contributed by atoms with E-state index in [1.54, 1.807) is 20.8 Å². The molecule has 0 bridgehead atoms. The highest BCUT2D eigenvalue weighted by molar-refractivity contribution is 5.91. The van der Waals surface area contributed by atoms with Crippen molar-refractivity contribution in [2.75, 3.05) is 18.5 Å². The van der Waals surface area contributed by atoms with Gasteiger partial charge in [0.25, 0.3) is 0 Å². The summed E-state index contributed by atoms with van der Waals surface area (Å²) < 4.78 is 46.3. The lowest BCUT2D eigenvalue weighted by Gasteiger charge is -2.22. The van der Waals surface area contributed by atoms with Gasteiger partial charge in [-0.1, -0.05) is 0 Å². The highest BCUT2D eigenvalue weighted by atomic mass is 19.4. The summed E-state index contributed by atoms with van der Waals surface area (Å²) in [5, 5.41) is 5.11. The lowest BCUT2D eigenvalue weighted by Crippen LogP contribution is -2.43. The Balaban J connectivity index is 2.96. The van der Waals surface area contributed by atoms with Gasteiger partial charge in [-0.3, -0.25) is 0 Å². The molecule has 1 rings (SSSR count). The van der Waals surface area contributed by atoms with Gasteiger partial charge in [-0.2, -0.15) is 0 Å². The normalized spacial score (nSPS) is 11.8. The second-order valence-corrected chi connectivity index (χ2v) is 6.03. The molecule has 2 amide bonds. The van der Waals surface area contributed by atoms with Gasteiger partial charge in [-0.05, 0) is 45.9 Å². The van der Waals surface area contributed by atoms with Crippen molar-refractivity contribution in [1.82, 2.24) is 5.32 Å². The molecule has 0 heterocycles. The minimum absolute atomic E-state index is 0.0653. The average molecular weight is 349 g/mol. The number of halogens is 3. The van der Waals surface area contributed by atoms with Crippen LogP contribution >= 0.6 is 0 Å². The van der Waals surface area contributed by atoms with Crippen LogP contribution in [-0.4, -0.2) is 31.1 Å². The zero-order valence-electron chi connectivity index (χ0n) is 13.8. The molecule has 0 aromatic heterocycles. The number of nitrogens with one attached hydrogen (secondary N) is 2. The van der Waals surface area contributed by atoms with Crippen LogP contribution in [0.2, 0.25) is 0 Å². The quantitative estimate of drug-likeness (QED) is 0.688. The fraction of sp³-hybridized carbons (Fsp3) is 0.533. The first kappa shape index (κ1) is 19.9. The third kappa shape index (κ3) is 7.91. The number of benzene rings is 1. The number of anilines is 1. The molecule has 0 spiro atoms. The summed E-state index contributed by atoms with van der Waals surface area (Å²) >= 11 is 0. The van der Waals surface area contributed by atoms with E-state index in [0.717, 1.165) is 12.1 Å². The molecule has 0 saturated carbocycles. The maximum Gasteiger partial charge on any atom is 0.573 e. The molecular weight excluding hydrogens is 327 g/mol. The first-order chi connectivity index (χ1) is 11.0. The van der Waals surface area contributed by atoms with Crippen molar-refractivity contribution in [3.63, 3.8) is 0 Å². The lowest BCUT2D eigenvalue weighted by molar-refractivity contribution is -0.274. The fourth-order valence-corrected chi connectivity index (χ4v) is 1.69. The predicted molar refractivity (Wildman–Crippen MR) is 84.2 cm³/mol. The molecule has 1 aromatic carbocycles. The minimum Gasteiger partial charge on any atom is -0.491 e. The maximum absolute atomic E-state index is 12.3. The van der Waals surface area contributed by atoms with Crippen molar-refractivity contribution in [1.29, 1.82) is 0 Å². The van der Waals surface area contributed by atoms with Crippen molar-refractivity contribution in [2.45, 2.75) is 39.1 Å². The Hall–Kier alpha value is -2.16. The van der Waals surface area contributed by atoms with Gasteiger partial charge in [0, 0.05) is 11.6 Å². The van der Waals surface area contributed by atoms with E-state index in [1.165, 1.54) is 6.07 Å². The van der Waals surface area contributed by atoms with E-state index in [1.807, 2.05) is 0 Å². The Kier molecular flexibility index (Phi) is 6.70. The number of alkyl halides is 3. The van der Waals surface area contributed by atoms with E-state index in [4.69, 9.17) is 10.5 Å². The van der Waals surface area contributed by atoms with Crippen LogP contribution in [0.15, 0.2) is 18.2 Å². The summed E-state index contributed by atoms with van der Waals surface area (Å²) in [5.41, 5.74) is 4.93. The van der Waals surface area contributed by atoms with Crippen LogP contribution in [0.4, 0.5) is 23.7 Å². The van der Waals surface area contributed by atoms with Gasteiger partial charge in [-0.25, -0.2) is 4.79 Å². The second kappa shape index (κ2) is 8.09. The van der Waals surface area contributed by atoms with Gasteiger partial charge >= 0.3 is 12.4 Å². The summed E-state index contributed by atoms with van der Waals surface area (Å²) in [6, 6.07) is 2.88. The van der Waals surface area contributed by atoms with Crippen LogP contribution < -0.4 is 25.8 Å². The SMILES string of the molecule is CC(C)(C)NC(=O)Nc1cc(OC(F)(F)F)ccc1OCCCN. The van der Waals surface area contributed by atoms with Gasteiger partial charge in [0.2, 0.25) is 0 Å². The van der Waals surface area contributed by atoms with E-state index in [0.29, 0.717) is 13.0 Å². The standard InChI is InChI=1S/C15H22F3N3O3/c1-14(2,3)21-13(22)20-11-9-10(24-15(16,17)18)5-6-12(11)23-8-4-7-19/h5-6,9H,4,7-8,19H2,1-3H3,(H2,20,21,22). The van der Waals surface area contributed by atoms with Crippen molar-refractivity contribution >= 4 is 11.7 Å². The number of amides is 2. The summed E-state index contributed by atoms with van der Waals surface area (Å²) in [6.07, 6.45) is -4.26. The first-order valence-corrected chi connectivity index (χ1v) is 7.32. The smallest absolute Gasteiger partial charge is 0.491 e. The molecule has 136 valence electrons. The summed E-state index contributed by atoms with van der Waals surface area (Å²) in [7, 11) is 0. The topological polar surface area (TPSA) is 85.6 Å². The molecule has 24 heavy (non-hydrogen) atoms. The molecule has 0 atom stereocenters. The molecular formula is C15H22F3N3O3. The summed E-state index contributed by atoms with van der Waals surface area (Å²) in [5.74, 6) is -0.234. The molecule has 4 N–H and O–H groups in total. The van der Waals surface area contributed by atoms with Gasteiger partial charge in [-0.15, -0.1) is 13.2 Å². The van der Waals surface area contributed by atoms with E-state index in [2.05, 4.69) is 15.4 Å². The molecule has 0 fully saturated rings. The van der Waals surface area contributed by atoms with Crippen LogP contribution in [0.1, 0.15) is 27.2 Å². The number of urea groups is 1. The number of rotatable bonds is 6. The molecule has 0 saturated heterocycles. The van der Waals surface area contributed by atoms with E-state index in [9.17, 15) is 18.0 Å². The Morgan fingerprint density at radius 2 is 1.92 bits per heavy atom. The molecule has 9 heteroatoms. The Labute approximate surface area is 138 Å². The molecule has 0 aliphatic carbocycles. The van der Waals surface area contributed by atoms with Crippen LogP contribution in [-0.2, 0) is 0 Å². The van der Waals surface area contributed by atoms with Crippen LogP contribution in [0.3, 0.4) is 0 Å². The third-order valence-electron chi connectivity index (χ3n) is 2.53. The maximum atomic E-state index is 12.3. The van der Waals surface area contributed by atoms with Gasteiger partial charge in [0.05, 0.1) is 12.3 Å². The molecule has 0 unspecified atom stereocenters. The minimum atomic E-state index is -4.83. The number of carbonyl (C=O) groups is 1. The number of ether oxygens (including phenoxy) is 2. The zero-order valence-corrected chi connectivity index (χ0v) is 13.8. The molecule has 6 nitrogen and oxygen atoms in total. The van der Waals surface area contributed by atoms with E-state index in [-0.39, 0.29) is 18.0 Å². The van der Waals surface area contributed by atoms with E-state index >= 15 is 0 Å². The van der Waals surface area contributed by atoms with Crippen molar-refractivity contribution in [3.8, 4) is 11.5 Å². The van der Waals surface area contributed by atoms with Crippen molar-refractivity contribution < 1.29 is 27.4 Å². The van der Waals surface area contributed by atoms with Crippen LogP contribution in [0.25, 0.3) is 0 Å². The average Bonchev–Trinajstić information content (AvgIpc) is 2.37. The number of nitrogens with two attached hydrogens (primary N) is 1. The second-order valence-electron chi connectivity index (χ2n) is 6.03. The monoisotopic (exact) mass is 349 g/mol. The zero-order chi connectivity index (χ0) is 18.4. The number of hydrogen-bond donors (Lipinski definition) is 3. The van der Waals surface area contributed by atoms with Crippen LogP contribution in [0, 0.1) is 0 Å². The highest BCUT2D eigenvalue weighted by Gasteiger charge is 2.31. The fourth-order valence-electron chi connectivity index (χ4n) is 1.69. The largest absolute Gasteiger partial charge is 0.573 e. The van der Waals surface area contributed by atoms with Crippen molar-refractivity contribution in [2.24, 2.45) is 5.73 Å². The number of carbonyl (C=O) groups excluding carboxylic acids is 1. The Morgan fingerprint density at radius 1 is 1.25 bits per heavy atom. The van der Waals surface area contributed by atoms with Gasteiger partial charge in [0.1, 0.15) is 11.5 Å². The Morgan fingerprint density at radius 3 is 2.46 bits per heavy atom. The first-order valence-electron chi connectivity index (χ1n) is 7.32. The van der Waals surface area contributed by atoms with Gasteiger partial charge in [0.15, 0.2) is 0 Å². The van der Waals surface area contributed by atoms with Crippen molar-refractivity contribution in [3.05, 3.63) is 18.2 Å². The van der Waals surface area contributed by atoms with E-state index < -0.39 is 23.7 Å². The highest BCUT2D eigenvalue weighted by Crippen LogP contribution is 2.32. The lowest BCUT2D eigenvalue weighted by atomic mass is 10.1.